The predicted octanol–water partition coefficient (Wildman–Crippen LogP) is 6.83. The molecule has 14 heteroatoms. The molecule has 196 valence electrons. The standard InChI is InChI=1S/C23H14F8N2O4/c1-10-9-32-16(11(2)34)8-15(10)33-21(35)19-18(6-4-13(20(19)25)22(26,27)28)36-12-3-5-17(14(24)7-12)37-23(29,30)31/h3-9H,1-2H3,(H,32,33,35). The van der Waals surface area contributed by atoms with E-state index in [1.807, 2.05) is 0 Å². The highest BCUT2D eigenvalue weighted by molar-refractivity contribution is 6.07. The van der Waals surface area contributed by atoms with Crippen LogP contribution < -0.4 is 14.8 Å². The minimum atomic E-state index is -5.21. The second-order valence-corrected chi connectivity index (χ2v) is 7.43. The molecule has 1 N–H and O–H groups in total. The number of anilines is 1. The largest absolute Gasteiger partial charge is 0.573 e. The Hall–Kier alpha value is -4.23. The molecule has 2 aromatic carbocycles. The number of aryl methyl sites for hydroxylation is 1. The molecular weight excluding hydrogens is 520 g/mol. The lowest BCUT2D eigenvalue weighted by atomic mass is 10.1. The fourth-order valence-electron chi connectivity index (χ4n) is 2.99. The van der Waals surface area contributed by atoms with E-state index in [1.54, 1.807) is 0 Å². The Morgan fingerprint density at radius 2 is 1.59 bits per heavy atom. The molecule has 6 nitrogen and oxygen atoms in total. The van der Waals surface area contributed by atoms with Gasteiger partial charge >= 0.3 is 12.5 Å². The third-order valence-electron chi connectivity index (χ3n) is 4.71. The van der Waals surface area contributed by atoms with Crippen molar-refractivity contribution in [3.05, 3.63) is 76.6 Å². The fraction of sp³-hybridized carbons (Fsp3) is 0.174. The van der Waals surface area contributed by atoms with E-state index in [2.05, 4.69) is 15.0 Å². The SMILES string of the molecule is CC(=O)c1cc(NC(=O)c2c(Oc3ccc(OC(F)(F)F)c(F)c3)ccc(C(F)(F)F)c2F)c(C)cn1. The molecule has 0 atom stereocenters. The van der Waals surface area contributed by atoms with Crippen molar-refractivity contribution in [2.24, 2.45) is 0 Å². The van der Waals surface area contributed by atoms with Gasteiger partial charge in [0.15, 0.2) is 23.2 Å². The van der Waals surface area contributed by atoms with E-state index in [4.69, 9.17) is 4.74 Å². The molecule has 1 amide bonds. The Morgan fingerprint density at radius 3 is 2.16 bits per heavy atom. The highest BCUT2D eigenvalue weighted by Crippen LogP contribution is 2.38. The molecule has 1 heterocycles. The van der Waals surface area contributed by atoms with Crippen LogP contribution in [0.3, 0.4) is 0 Å². The van der Waals surface area contributed by atoms with E-state index in [0.29, 0.717) is 18.2 Å². The molecular formula is C23H14F8N2O4. The summed E-state index contributed by atoms with van der Waals surface area (Å²) in [7, 11) is 0. The number of hydrogen-bond donors (Lipinski definition) is 1. The summed E-state index contributed by atoms with van der Waals surface area (Å²) in [6, 6.07) is 3.64. The van der Waals surface area contributed by atoms with Crippen molar-refractivity contribution in [3.8, 4) is 17.2 Å². The summed E-state index contributed by atoms with van der Waals surface area (Å²) in [5, 5.41) is 2.18. The zero-order valence-electron chi connectivity index (χ0n) is 18.6. The Bertz CT molecular complexity index is 1370. The Labute approximate surface area is 202 Å². The number of alkyl halides is 6. The van der Waals surface area contributed by atoms with Gasteiger partial charge in [-0.1, -0.05) is 0 Å². The van der Waals surface area contributed by atoms with Gasteiger partial charge in [0.25, 0.3) is 5.91 Å². The molecule has 0 saturated carbocycles. The summed E-state index contributed by atoms with van der Waals surface area (Å²) in [6.45, 7) is 2.62. The molecule has 0 fully saturated rings. The monoisotopic (exact) mass is 534 g/mol. The molecule has 1 aromatic heterocycles. The molecule has 37 heavy (non-hydrogen) atoms. The van der Waals surface area contributed by atoms with E-state index in [1.165, 1.54) is 20.0 Å². The molecule has 0 unspecified atom stereocenters. The van der Waals surface area contributed by atoms with Crippen molar-refractivity contribution in [3.63, 3.8) is 0 Å². The van der Waals surface area contributed by atoms with Gasteiger partial charge in [-0.3, -0.25) is 14.6 Å². The van der Waals surface area contributed by atoms with Crippen LogP contribution in [0.2, 0.25) is 0 Å². The number of benzene rings is 2. The van der Waals surface area contributed by atoms with Gasteiger partial charge in [-0.15, -0.1) is 13.2 Å². The molecule has 0 aliphatic heterocycles. The van der Waals surface area contributed by atoms with Crippen LogP contribution in [0.5, 0.6) is 17.2 Å². The van der Waals surface area contributed by atoms with Gasteiger partial charge in [-0.2, -0.15) is 13.2 Å². The maximum Gasteiger partial charge on any atom is 0.573 e. The summed E-state index contributed by atoms with van der Waals surface area (Å²) < 4.78 is 115. The molecule has 0 radical (unpaired) electrons. The van der Waals surface area contributed by atoms with Crippen molar-refractivity contribution in [2.75, 3.05) is 5.32 Å². The fourth-order valence-corrected chi connectivity index (χ4v) is 2.99. The summed E-state index contributed by atoms with van der Waals surface area (Å²) >= 11 is 0. The normalized spacial score (nSPS) is 11.7. The lowest BCUT2D eigenvalue weighted by Crippen LogP contribution is -2.19. The van der Waals surface area contributed by atoms with Crippen molar-refractivity contribution in [1.82, 2.24) is 4.98 Å². The number of amides is 1. The lowest BCUT2D eigenvalue weighted by Gasteiger charge is -2.17. The van der Waals surface area contributed by atoms with Crippen LogP contribution in [0.25, 0.3) is 0 Å². The minimum Gasteiger partial charge on any atom is -0.456 e. The number of ether oxygens (including phenoxy) is 2. The topological polar surface area (TPSA) is 77.5 Å². The van der Waals surface area contributed by atoms with Gasteiger partial charge in [0, 0.05) is 24.9 Å². The minimum absolute atomic E-state index is 0.0762. The van der Waals surface area contributed by atoms with Crippen LogP contribution in [0.15, 0.2) is 42.6 Å². The van der Waals surface area contributed by atoms with E-state index in [0.717, 1.165) is 12.1 Å². The molecule has 0 spiro atoms. The zero-order valence-corrected chi connectivity index (χ0v) is 18.6. The quantitative estimate of drug-likeness (QED) is 0.277. The van der Waals surface area contributed by atoms with E-state index < -0.39 is 64.2 Å². The number of hydrogen-bond acceptors (Lipinski definition) is 5. The first kappa shape index (κ1) is 27.4. The number of carbonyl (C=O) groups is 2. The van der Waals surface area contributed by atoms with Crippen molar-refractivity contribution in [1.29, 1.82) is 0 Å². The van der Waals surface area contributed by atoms with Crippen LogP contribution in [-0.4, -0.2) is 23.0 Å². The third-order valence-corrected chi connectivity index (χ3v) is 4.71. The highest BCUT2D eigenvalue weighted by atomic mass is 19.4. The number of aromatic nitrogens is 1. The molecule has 0 aliphatic rings. The van der Waals surface area contributed by atoms with E-state index in [9.17, 15) is 44.7 Å². The van der Waals surface area contributed by atoms with E-state index in [-0.39, 0.29) is 23.0 Å². The number of pyridine rings is 1. The molecule has 0 bridgehead atoms. The van der Waals surface area contributed by atoms with Gasteiger partial charge in [0.2, 0.25) is 0 Å². The maximum atomic E-state index is 15.0. The number of Topliss-reactive ketones (excluding diaryl/α,β-unsaturated/α-hetero) is 1. The van der Waals surface area contributed by atoms with Crippen molar-refractivity contribution in [2.45, 2.75) is 26.4 Å². The highest BCUT2D eigenvalue weighted by Gasteiger charge is 2.38. The van der Waals surface area contributed by atoms with Crippen LogP contribution in [0.4, 0.5) is 40.8 Å². The zero-order chi connectivity index (χ0) is 27.7. The second kappa shape index (κ2) is 10.0. The number of rotatable bonds is 6. The molecule has 0 aliphatic carbocycles. The van der Waals surface area contributed by atoms with Gasteiger partial charge in [-0.25, -0.2) is 8.78 Å². The second-order valence-electron chi connectivity index (χ2n) is 7.43. The van der Waals surface area contributed by atoms with Crippen LogP contribution in [0, 0.1) is 18.6 Å². The molecule has 3 rings (SSSR count). The summed E-state index contributed by atoms with van der Waals surface area (Å²) in [5.41, 5.74) is -2.96. The first-order chi connectivity index (χ1) is 17.1. The van der Waals surface area contributed by atoms with Crippen LogP contribution in [0.1, 0.15) is 38.9 Å². The Balaban J connectivity index is 2.05. The first-order valence-electron chi connectivity index (χ1n) is 9.98. The van der Waals surface area contributed by atoms with Gasteiger partial charge < -0.3 is 14.8 Å². The van der Waals surface area contributed by atoms with Gasteiger partial charge in [0.05, 0.1) is 5.56 Å². The van der Waals surface area contributed by atoms with E-state index >= 15 is 0 Å². The van der Waals surface area contributed by atoms with Crippen LogP contribution in [-0.2, 0) is 6.18 Å². The summed E-state index contributed by atoms with van der Waals surface area (Å²) in [6.07, 6.45) is -9.23. The predicted molar refractivity (Wildman–Crippen MR) is 111 cm³/mol. The number of ketones is 1. The van der Waals surface area contributed by atoms with Crippen molar-refractivity contribution >= 4 is 17.4 Å². The summed E-state index contributed by atoms with van der Waals surface area (Å²) in [4.78, 5) is 28.3. The number of halogens is 8. The average molecular weight is 534 g/mol. The first-order valence-corrected chi connectivity index (χ1v) is 9.98. The van der Waals surface area contributed by atoms with Gasteiger partial charge in [-0.05, 0) is 42.8 Å². The van der Waals surface area contributed by atoms with Gasteiger partial charge in [0.1, 0.15) is 22.8 Å². The van der Waals surface area contributed by atoms with Crippen LogP contribution >= 0.6 is 0 Å². The lowest BCUT2D eigenvalue weighted by molar-refractivity contribution is -0.275. The maximum absolute atomic E-state index is 15.0. The number of carbonyl (C=O) groups excluding carboxylic acids is 2. The summed E-state index contributed by atoms with van der Waals surface area (Å²) in [5.74, 6) is -8.14. The number of nitrogens with zero attached hydrogens (tertiary/aromatic N) is 1. The Morgan fingerprint density at radius 1 is 0.946 bits per heavy atom. The molecule has 3 aromatic rings. The number of nitrogens with one attached hydrogen (secondary N) is 1. The van der Waals surface area contributed by atoms with Crippen molar-refractivity contribution < 1.29 is 54.2 Å². The molecule has 0 saturated heterocycles. The smallest absolute Gasteiger partial charge is 0.456 e. The Kier molecular flexibility index (Phi) is 7.41. The third kappa shape index (κ3) is 6.51. The average Bonchev–Trinajstić information content (AvgIpc) is 2.75.